The number of nitrogens with zero attached hydrogens (tertiary/aromatic N) is 2. The number of nitrogens with one attached hydrogen (secondary N) is 3. The van der Waals surface area contributed by atoms with Crippen LogP contribution in [0.2, 0.25) is 0 Å². The molecule has 44 heavy (non-hydrogen) atoms. The number of hydrogen-bond donors (Lipinski definition) is 5. The number of benzene rings is 1. The van der Waals surface area contributed by atoms with Crippen molar-refractivity contribution in [1.82, 2.24) is 25.5 Å². The molecule has 0 saturated heterocycles. The number of aromatic nitrogens is 2. The third-order valence-corrected chi connectivity index (χ3v) is 8.61. The van der Waals surface area contributed by atoms with Crippen LogP contribution in [0, 0.1) is 5.92 Å². The minimum absolute atomic E-state index is 0.0894. The van der Waals surface area contributed by atoms with Gasteiger partial charge in [0.2, 0.25) is 17.7 Å². The number of rotatable bonds is 20. The Morgan fingerprint density at radius 2 is 1.73 bits per heavy atom. The first-order valence-electron chi connectivity index (χ1n) is 16.7. The summed E-state index contributed by atoms with van der Waals surface area (Å²) < 4.78 is 2.21. The molecule has 1 heterocycles. The first kappa shape index (κ1) is 35.2. The zero-order valence-electron chi connectivity index (χ0n) is 26.6. The van der Waals surface area contributed by atoms with E-state index in [1.165, 1.54) is 37.7 Å². The second-order valence-electron chi connectivity index (χ2n) is 12.1. The maximum atomic E-state index is 13.0. The number of carbonyl (C=O) groups excluding carboxylic acids is 3. The van der Waals surface area contributed by atoms with Crippen molar-refractivity contribution in [2.24, 2.45) is 11.7 Å². The topological polar surface area (TPSA) is 151 Å². The summed E-state index contributed by atoms with van der Waals surface area (Å²) in [6.07, 6.45) is 17.0. The molecular weight excluding hydrogens is 556 g/mol. The van der Waals surface area contributed by atoms with E-state index in [2.05, 4.69) is 32.4 Å². The van der Waals surface area contributed by atoms with Crippen LogP contribution in [0.25, 0.3) is 0 Å². The standard InChI is InChI=1S/C34H54N6O4/c1-2-31-36-21-23-40(31)22-9-7-12-27-14-16-28(17-15-27)24-32(42)38-30(25-41)34(44)39-29(13-6-8-19-35)33(43)37-20-18-26-10-4-3-5-11-26/h14-17,21,23,26,29-30,41H,2-13,18-20,22,24-25,35H2,1H3,(H,37,43)(H,38,42)(H,39,44)/t29-,30-/m0/s1. The van der Waals surface area contributed by atoms with Crippen molar-refractivity contribution < 1.29 is 19.5 Å². The van der Waals surface area contributed by atoms with Gasteiger partial charge in [0.25, 0.3) is 0 Å². The number of aliphatic hydroxyl groups excluding tert-OH is 1. The predicted molar refractivity (Wildman–Crippen MR) is 173 cm³/mol. The van der Waals surface area contributed by atoms with Crippen molar-refractivity contribution in [3.63, 3.8) is 0 Å². The van der Waals surface area contributed by atoms with Gasteiger partial charge in [-0.1, -0.05) is 63.3 Å². The van der Waals surface area contributed by atoms with Gasteiger partial charge in [-0.05, 0) is 68.5 Å². The molecule has 0 unspecified atom stereocenters. The maximum absolute atomic E-state index is 13.0. The highest BCUT2D eigenvalue weighted by molar-refractivity contribution is 5.92. The first-order valence-corrected chi connectivity index (χ1v) is 16.7. The van der Waals surface area contributed by atoms with E-state index in [9.17, 15) is 19.5 Å². The van der Waals surface area contributed by atoms with E-state index >= 15 is 0 Å². The van der Waals surface area contributed by atoms with Gasteiger partial charge in [0.15, 0.2) is 0 Å². The molecule has 2 atom stereocenters. The largest absolute Gasteiger partial charge is 0.394 e. The number of aliphatic hydroxyl groups is 1. The molecule has 6 N–H and O–H groups in total. The van der Waals surface area contributed by atoms with E-state index in [0.29, 0.717) is 31.8 Å². The second-order valence-corrected chi connectivity index (χ2v) is 12.1. The van der Waals surface area contributed by atoms with Gasteiger partial charge >= 0.3 is 0 Å². The molecular formula is C34H54N6O4. The van der Waals surface area contributed by atoms with Crippen molar-refractivity contribution in [2.75, 3.05) is 19.7 Å². The smallest absolute Gasteiger partial charge is 0.245 e. The average Bonchev–Trinajstić information content (AvgIpc) is 3.50. The SMILES string of the molecule is CCc1nccn1CCCCc1ccc(CC(=O)N[C@@H](CO)C(=O)N[C@@H](CCCCN)C(=O)NCCC2CCCCC2)cc1. The molecule has 0 aliphatic heterocycles. The Bertz CT molecular complexity index is 1130. The van der Waals surface area contributed by atoms with Gasteiger partial charge in [-0.15, -0.1) is 0 Å². The van der Waals surface area contributed by atoms with Crippen molar-refractivity contribution >= 4 is 17.7 Å². The van der Waals surface area contributed by atoms with Crippen molar-refractivity contribution in [3.8, 4) is 0 Å². The van der Waals surface area contributed by atoms with Gasteiger partial charge in [0, 0.05) is 31.9 Å². The molecule has 1 aromatic carbocycles. The Morgan fingerprint density at radius 3 is 2.43 bits per heavy atom. The van der Waals surface area contributed by atoms with Gasteiger partial charge in [0.05, 0.1) is 13.0 Å². The lowest BCUT2D eigenvalue weighted by molar-refractivity contribution is -0.133. The van der Waals surface area contributed by atoms with E-state index in [1.54, 1.807) is 0 Å². The summed E-state index contributed by atoms with van der Waals surface area (Å²) in [5.74, 6) is 0.587. The molecule has 1 aromatic heterocycles. The molecule has 1 aliphatic rings. The normalized spacial score (nSPS) is 15.0. The van der Waals surface area contributed by atoms with Crippen LogP contribution in [0.5, 0.6) is 0 Å². The second kappa shape index (κ2) is 19.9. The van der Waals surface area contributed by atoms with Crippen molar-refractivity contribution in [2.45, 2.75) is 115 Å². The molecule has 10 heteroatoms. The summed E-state index contributed by atoms with van der Waals surface area (Å²) in [5.41, 5.74) is 7.67. The van der Waals surface area contributed by atoms with Crippen LogP contribution in [0.15, 0.2) is 36.7 Å². The molecule has 244 valence electrons. The lowest BCUT2D eigenvalue weighted by atomic mass is 9.87. The molecule has 1 fully saturated rings. The van der Waals surface area contributed by atoms with Crippen LogP contribution < -0.4 is 21.7 Å². The van der Waals surface area contributed by atoms with Gasteiger partial charge in [-0.2, -0.15) is 0 Å². The highest BCUT2D eigenvalue weighted by Gasteiger charge is 2.26. The van der Waals surface area contributed by atoms with Crippen LogP contribution in [0.1, 0.15) is 94.5 Å². The molecule has 1 saturated carbocycles. The summed E-state index contributed by atoms with van der Waals surface area (Å²) in [6.45, 7) is 3.60. The van der Waals surface area contributed by atoms with Crippen LogP contribution in [0.3, 0.4) is 0 Å². The maximum Gasteiger partial charge on any atom is 0.245 e. The fraction of sp³-hybridized carbons (Fsp3) is 0.647. The van der Waals surface area contributed by atoms with Gasteiger partial charge in [-0.3, -0.25) is 14.4 Å². The Balaban J connectivity index is 1.43. The van der Waals surface area contributed by atoms with Crippen LogP contribution in [-0.2, 0) is 40.2 Å². The number of unbranched alkanes of at least 4 members (excludes halogenated alkanes) is 2. The fourth-order valence-corrected chi connectivity index (χ4v) is 5.95. The van der Waals surface area contributed by atoms with Gasteiger partial charge in [0.1, 0.15) is 17.9 Å². The monoisotopic (exact) mass is 610 g/mol. The molecule has 0 spiro atoms. The molecule has 1 aliphatic carbocycles. The number of amides is 3. The number of hydrogen-bond acceptors (Lipinski definition) is 6. The van der Waals surface area contributed by atoms with E-state index in [1.807, 2.05) is 36.7 Å². The number of carbonyl (C=O) groups is 3. The van der Waals surface area contributed by atoms with Crippen molar-refractivity contribution in [1.29, 1.82) is 0 Å². The summed E-state index contributed by atoms with van der Waals surface area (Å²) in [4.78, 5) is 43.1. The zero-order valence-corrected chi connectivity index (χ0v) is 26.6. The van der Waals surface area contributed by atoms with Crippen LogP contribution >= 0.6 is 0 Å². The third kappa shape index (κ3) is 12.4. The van der Waals surface area contributed by atoms with E-state index in [-0.39, 0.29) is 18.2 Å². The Labute approximate surface area is 263 Å². The van der Waals surface area contributed by atoms with Gasteiger partial charge < -0.3 is 31.4 Å². The van der Waals surface area contributed by atoms with Crippen LogP contribution in [-0.4, -0.2) is 64.2 Å². The predicted octanol–water partition coefficient (Wildman–Crippen LogP) is 3.19. The fourth-order valence-electron chi connectivity index (χ4n) is 5.95. The molecule has 2 aromatic rings. The van der Waals surface area contributed by atoms with E-state index in [0.717, 1.165) is 56.5 Å². The summed E-state index contributed by atoms with van der Waals surface area (Å²) >= 11 is 0. The third-order valence-electron chi connectivity index (χ3n) is 8.61. The summed E-state index contributed by atoms with van der Waals surface area (Å²) in [7, 11) is 0. The highest BCUT2D eigenvalue weighted by atomic mass is 16.3. The van der Waals surface area contributed by atoms with E-state index < -0.39 is 24.6 Å². The highest BCUT2D eigenvalue weighted by Crippen LogP contribution is 2.25. The molecule has 0 radical (unpaired) electrons. The molecule has 10 nitrogen and oxygen atoms in total. The molecule has 3 rings (SSSR count). The Hall–Kier alpha value is -3.24. The first-order chi connectivity index (χ1) is 21.4. The van der Waals surface area contributed by atoms with E-state index in [4.69, 9.17) is 5.73 Å². The minimum Gasteiger partial charge on any atom is -0.394 e. The Morgan fingerprint density at radius 1 is 0.977 bits per heavy atom. The quantitative estimate of drug-likeness (QED) is 0.145. The number of nitrogens with two attached hydrogens (primary N) is 1. The van der Waals surface area contributed by atoms with Crippen LogP contribution in [0.4, 0.5) is 0 Å². The van der Waals surface area contributed by atoms with Crippen molar-refractivity contribution in [3.05, 3.63) is 53.6 Å². The molecule has 3 amide bonds. The lowest BCUT2D eigenvalue weighted by Gasteiger charge is -2.24. The minimum atomic E-state index is -1.14. The van der Waals surface area contributed by atoms with Gasteiger partial charge in [-0.25, -0.2) is 4.98 Å². The lowest BCUT2D eigenvalue weighted by Crippen LogP contribution is -2.55. The number of aryl methyl sites for hydroxylation is 3. The Kier molecular flexibility index (Phi) is 16.0. The molecule has 0 bridgehead atoms. The summed E-state index contributed by atoms with van der Waals surface area (Å²) in [5, 5.41) is 18.3. The number of imidazole rings is 1. The summed E-state index contributed by atoms with van der Waals surface area (Å²) in [6, 6.07) is 6.04. The average molecular weight is 611 g/mol. The zero-order chi connectivity index (χ0) is 31.6.